The van der Waals surface area contributed by atoms with E-state index >= 15 is 0 Å². The number of nitrogens with zero attached hydrogens (tertiary/aromatic N) is 1. The summed E-state index contributed by atoms with van der Waals surface area (Å²) < 4.78 is 28.4. The summed E-state index contributed by atoms with van der Waals surface area (Å²) in [5.74, 6) is 0. The Bertz CT molecular complexity index is 672. The number of nitro groups is 1. The van der Waals surface area contributed by atoms with Crippen molar-refractivity contribution < 1.29 is 18.1 Å². The second kappa shape index (κ2) is 8.41. The normalized spacial score (nSPS) is 16.0. The van der Waals surface area contributed by atoms with E-state index in [4.69, 9.17) is 9.88 Å². The summed E-state index contributed by atoms with van der Waals surface area (Å²) in [6.07, 6.45) is 6.96. The van der Waals surface area contributed by atoms with Crippen LogP contribution < -0.4 is 10.5 Å². The molecule has 9 heteroatoms. The molecule has 0 heterocycles. The monoisotopic (exact) mass is 357 g/mol. The first kappa shape index (κ1) is 18.6. The molecular weight excluding hydrogens is 334 g/mol. The van der Waals surface area contributed by atoms with Gasteiger partial charge in [0, 0.05) is 19.2 Å². The lowest BCUT2D eigenvalue weighted by Gasteiger charge is -2.22. The van der Waals surface area contributed by atoms with Crippen molar-refractivity contribution in [1.82, 2.24) is 0 Å². The van der Waals surface area contributed by atoms with Crippen LogP contribution in [0.15, 0.2) is 23.1 Å². The third-order valence-corrected chi connectivity index (χ3v) is 4.95. The van der Waals surface area contributed by atoms with Crippen molar-refractivity contribution in [2.45, 2.75) is 49.5 Å². The number of anilines is 1. The van der Waals surface area contributed by atoms with Crippen LogP contribution in [0.1, 0.15) is 38.5 Å². The molecule has 0 unspecified atom stereocenters. The standard InChI is InChI=1S/C15H23N3O5S/c16-24(21,22)13-7-8-14(15(11-13)18(19)20)17-9-4-10-23-12-5-2-1-3-6-12/h7-8,11-12,17H,1-6,9-10H2,(H2,16,21,22). The van der Waals surface area contributed by atoms with Crippen LogP contribution in [0, 0.1) is 10.1 Å². The number of hydrogen-bond acceptors (Lipinski definition) is 6. The fourth-order valence-corrected chi connectivity index (χ4v) is 3.30. The van der Waals surface area contributed by atoms with Gasteiger partial charge in [-0.25, -0.2) is 13.6 Å². The molecule has 1 aromatic carbocycles. The highest BCUT2D eigenvalue weighted by Gasteiger charge is 2.19. The van der Waals surface area contributed by atoms with Crippen LogP contribution in [0.4, 0.5) is 11.4 Å². The van der Waals surface area contributed by atoms with Crippen LogP contribution in [-0.4, -0.2) is 32.6 Å². The molecule has 0 aromatic heterocycles. The summed E-state index contributed by atoms with van der Waals surface area (Å²) in [6.45, 7) is 1.10. The zero-order chi connectivity index (χ0) is 17.6. The summed E-state index contributed by atoms with van der Waals surface area (Å²) in [5.41, 5.74) is -0.0419. The number of nitro benzene ring substituents is 1. The number of ether oxygens (including phenoxy) is 1. The van der Waals surface area contributed by atoms with Gasteiger partial charge in [-0.1, -0.05) is 19.3 Å². The van der Waals surface area contributed by atoms with Crippen LogP contribution >= 0.6 is 0 Å². The topological polar surface area (TPSA) is 125 Å². The van der Waals surface area contributed by atoms with Crippen molar-refractivity contribution in [2.24, 2.45) is 5.14 Å². The van der Waals surface area contributed by atoms with Crippen molar-refractivity contribution in [2.75, 3.05) is 18.5 Å². The van der Waals surface area contributed by atoms with Gasteiger partial charge < -0.3 is 10.1 Å². The first-order valence-electron chi connectivity index (χ1n) is 8.04. The zero-order valence-electron chi connectivity index (χ0n) is 13.4. The molecule has 1 aromatic rings. The molecule has 1 fully saturated rings. The van der Waals surface area contributed by atoms with E-state index in [0.29, 0.717) is 25.7 Å². The summed E-state index contributed by atoms with van der Waals surface area (Å²) in [7, 11) is -3.97. The van der Waals surface area contributed by atoms with Crippen LogP contribution in [0.5, 0.6) is 0 Å². The number of nitrogens with one attached hydrogen (secondary N) is 1. The lowest BCUT2D eigenvalue weighted by molar-refractivity contribution is -0.384. The Kier molecular flexibility index (Phi) is 6.52. The minimum atomic E-state index is -3.97. The van der Waals surface area contributed by atoms with Crippen LogP contribution in [0.2, 0.25) is 0 Å². The highest BCUT2D eigenvalue weighted by molar-refractivity contribution is 7.89. The first-order chi connectivity index (χ1) is 11.4. The molecule has 0 amide bonds. The minimum Gasteiger partial charge on any atom is -0.379 e. The predicted molar refractivity (Wildman–Crippen MR) is 90.4 cm³/mol. The summed E-state index contributed by atoms with van der Waals surface area (Å²) in [4.78, 5) is 10.2. The Morgan fingerprint density at radius 3 is 2.62 bits per heavy atom. The number of benzene rings is 1. The van der Waals surface area contributed by atoms with E-state index in [9.17, 15) is 18.5 Å². The summed E-state index contributed by atoms with van der Waals surface area (Å²) in [6, 6.07) is 3.58. The third-order valence-electron chi connectivity index (χ3n) is 4.04. The largest absolute Gasteiger partial charge is 0.379 e. The van der Waals surface area contributed by atoms with Gasteiger partial charge in [-0.3, -0.25) is 10.1 Å². The zero-order valence-corrected chi connectivity index (χ0v) is 14.3. The fourth-order valence-electron chi connectivity index (χ4n) is 2.77. The Balaban J connectivity index is 1.86. The van der Waals surface area contributed by atoms with Gasteiger partial charge in [0.15, 0.2) is 0 Å². The summed E-state index contributed by atoms with van der Waals surface area (Å²) >= 11 is 0. The third kappa shape index (κ3) is 5.43. The smallest absolute Gasteiger partial charge is 0.293 e. The molecular formula is C15H23N3O5S. The molecule has 0 saturated heterocycles. The van der Waals surface area contributed by atoms with Gasteiger partial charge in [-0.15, -0.1) is 0 Å². The Morgan fingerprint density at radius 1 is 1.29 bits per heavy atom. The molecule has 1 saturated carbocycles. The molecule has 0 radical (unpaired) electrons. The number of primary sulfonamides is 1. The van der Waals surface area contributed by atoms with Gasteiger partial charge in [0.25, 0.3) is 5.69 Å². The quantitative estimate of drug-likeness (QED) is 0.418. The number of sulfonamides is 1. The predicted octanol–water partition coefficient (Wildman–Crippen LogP) is 2.39. The molecule has 8 nitrogen and oxygen atoms in total. The Labute approximate surface area is 141 Å². The molecule has 1 aliphatic carbocycles. The average Bonchev–Trinajstić information content (AvgIpc) is 2.54. The highest BCUT2D eigenvalue weighted by atomic mass is 32.2. The second-order valence-corrected chi connectivity index (χ2v) is 7.45. The van der Waals surface area contributed by atoms with E-state index in [0.717, 1.165) is 18.9 Å². The lowest BCUT2D eigenvalue weighted by atomic mass is 9.98. The van der Waals surface area contributed by atoms with E-state index in [-0.39, 0.29) is 16.3 Å². The van der Waals surface area contributed by atoms with Gasteiger partial charge in [0.1, 0.15) is 5.69 Å². The molecule has 134 valence electrons. The van der Waals surface area contributed by atoms with E-state index < -0.39 is 14.9 Å². The molecule has 2 rings (SSSR count). The van der Waals surface area contributed by atoms with Crippen molar-refractivity contribution in [3.63, 3.8) is 0 Å². The average molecular weight is 357 g/mol. The minimum absolute atomic E-state index is 0.269. The number of hydrogen-bond donors (Lipinski definition) is 2. The SMILES string of the molecule is NS(=O)(=O)c1ccc(NCCCOC2CCCCC2)c([N+](=O)[O-])c1. The van der Waals surface area contributed by atoms with Gasteiger partial charge in [-0.2, -0.15) is 0 Å². The van der Waals surface area contributed by atoms with E-state index in [2.05, 4.69) is 5.32 Å². The van der Waals surface area contributed by atoms with Crippen molar-refractivity contribution in [3.8, 4) is 0 Å². The van der Waals surface area contributed by atoms with E-state index in [1.54, 1.807) is 0 Å². The van der Waals surface area contributed by atoms with Gasteiger partial charge in [0.2, 0.25) is 10.0 Å². The molecule has 24 heavy (non-hydrogen) atoms. The Hall–Kier alpha value is -1.71. The number of rotatable bonds is 8. The Morgan fingerprint density at radius 2 is 2.00 bits per heavy atom. The van der Waals surface area contributed by atoms with E-state index in [1.165, 1.54) is 31.4 Å². The van der Waals surface area contributed by atoms with Gasteiger partial charge >= 0.3 is 0 Å². The summed E-state index contributed by atoms with van der Waals surface area (Å²) in [5, 5.41) is 19.1. The first-order valence-corrected chi connectivity index (χ1v) is 9.59. The van der Waals surface area contributed by atoms with Crippen LogP contribution in [0.25, 0.3) is 0 Å². The molecule has 1 aliphatic rings. The highest BCUT2D eigenvalue weighted by Crippen LogP contribution is 2.27. The van der Waals surface area contributed by atoms with Gasteiger partial charge in [0.05, 0.1) is 15.9 Å². The lowest BCUT2D eigenvalue weighted by Crippen LogP contribution is -2.18. The fraction of sp³-hybridized carbons (Fsp3) is 0.600. The molecule has 0 spiro atoms. The van der Waals surface area contributed by atoms with Crippen molar-refractivity contribution >= 4 is 21.4 Å². The van der Waals surface area contributed by atoms with Crippen LogP contribution in [-0.2, 0) is 14.8 Å². The maximum absolute atomic E-state index is 11.3. The molecule has 0 aliphatic heterocycles. The second-order valence-electron chi connectivity index (χ2n) is 5.89. The maximum atomic E-state index is 11.3. The van der Waals surface area contributed by atoms with E-state index in [1.807, 2.05) is 0 Å². The van der Waals surface area contributed by atoms with Gasteiger partial charge in [-0.05, 0) is 31.4 Å². The van der Waals surface area contributed by atoms with Crippen molar-refractivity contribution in [1.29, 1.82) is 0 Å². The van der Waals surface area contributed by atoms with Crippen molar-refractivity contribution in [3.05, 3.63) is 28.3 Å². The molecule has 0 atom stereocenters. The van der Waals surface area contributed by atoms with Crippen LogP contribution in [0.3, 0.4) is 0 Å². The molecule has 0 bridgehead atoms. The molecule has 3 N–H and O–H groups in total. The maximum Gasteiger partial charge on any atom is 0.293 e. The number of nitrogens with two attached hydrogens (primary N) is 1.